The molecule has 2 aliphatic carbocycles. The van der Waals surface area contributed by atoms with Crippen LogP contribution in [0.15, 0.2) is 0 Å². The van der Waals surface area contributed by atoms with E-state index >= 15 is 0 Å². The van der Waals surface area contributed by atoms with Crippen molar-refractivity contribution in [3.05, 3.63) is 0 Å². The summed E-state index contributed by atoms with van der Waals surface area (Å²) in [6, 6.07) is 1.01. The first-order valence-corrected chi connectivity index (χ1v) is 7.77. The van der Waals surface area contributed by atoms with Crippen LogP contribution >= 0.6 is 0 Å². The maximum Gasteiger partial charge on any atom is 0.234 e. The molecule has 18 heavy (non-hydrogen) atoms. The van der Waals surface area contributed by atoms with E-state index in [1.807, 2.05) is 0 Å². The molecular formula is C15H28N2O. The van der Waals surface area contributed by atoms with Crippen molar-refractivity contribution in [1.29, 1.82) is 0 Å². The highest BCUT2D eigenvalue weighted by atomic mass is 16.1. The number of nitrogens with one attached hydrogen (secondary N) is 2. The van der Waals surface area contributed by atoms with Gasteiger partial charge in [0.2, 0.25) is 5.91 Å². The summed E-state index contributed by atoms with van der Waals surface area (Å²) in [7, 11) is 0. The minimum Gasteiger partial charge on any atom is -0.352 e. The second-order valence-corrected chi connectivity index (χ2v) is 6.24. The molecule has 2 atom stereocenters. The van der Waals surface area contributed by atoms with Crippen molar-refractivity contribution in [2.75, 3.05) is 6.54 Å². The first-order chi connectivity index (χ1) is 8.74. The second-order valence-electron chi connectivity index (χ2n) is 6.24. The summed E-state index contributed by atoms with van der Waals surface area (Å²) in [6.07, 6.45) is 11.3. The monoisotopic (exact) mass is 252 g/mol. The maximum atomic E-state index is 11.9. The molecule has 0 bridgehead atoms. The van der Waals surface area contributed by atoms with E-state index < -0.39 is 0 Å². The van der Waals surface area contributed by atoms with Gasteiger partial charge in [0.15, 0.2) is 0 Å². The number of hydrogen-bond donors (Lipinski definition) is 2. The molecule has 0 aromatic carbocycles. The molecule has 2 aliphatic rings. The number of amides is 1. The lowest BCUT2D eigenvalue weighted by Crippen LogP contribution is -2.42. The summed E-state index contributed by atoms with van der Waals surface area (Å²) in [5.41, 5.74) is 0. The molecule has 2 saturated carbocycles. The molecule has 1 amide bonds. The zero-order valence-electron chi connectivity index (χ0n) is 11.7. The average Bonchev–Trinajstić information content (AvgIpc) is 2.79. The van der Waals surface area contributed by atoms with Crippen LogP contribution in [0, 0.1) is 5.92 Å². The van der Waals surface area contributed by atoms with Gasteiger partial charge in [0.05, 0.1) is 6.54 Å². The summed E-state index contributed by atoms with van der Waals surface area (Å²) in [5.74, 6) is 1.03. The molecule has 0 aromatic rings. The maximum absolute atomic E-state index is 11.9. The van der Waals surface area contributed by atoms with Crippen molar-refractivity contribution in [3.63, 3.8) is 0 Å². The molecule has 2 fully saturated rings. The van der Waals surface area contributed by atoms with E-state index in [9.17, 15) is 4.79 Å². The quantitative estimate of drug-likeness (QED) is 0.755. The van der Waals surface area contributed by atoms with Crippen LogP contribution in [0.1, 0.15) is 64.7 Å². The fourth-order valence-electron chi connectivity index (χ4n) is 3.28. The summed E-state index contributed by atoms with van der Waals surface area (Å²) in [6.45, 7) is 2.84. The molecular weight excluding hydrogens is 224 g/mol. The van der Waals surface area contributed by atoms with Gasteiger partial charge in [0.25, 0.3) is 0 Å². The Morgan fingerprint density at radius 3 is 2.44 bits per heavy atom. The smallest absolute Gasteiger partial charge is 0.234 e. The van der Waals surface area contributed by atoms with Crippen molar-refractivity contribution in [1.82, 2.24) is 10.6 Å². The Morgan fingerprint density at radius 1 is 0.944 bits per heavy atom. The topological polar surface area (TPSA) is 41.1 Å². The average molecular weight is 252 g/mol. The highest BCUT2D eigenvalue weighted by Gasteiger charge is 2.19. The standard InChI is InChI=1S/C15H28N2O/c1-12-5-4-8-14(10-9-12)17-15(18)11-16-13-6-2-3-7-13/h12-14,16H,2-11H2,1H3,(H,17,18). The van der Waals surface area contributed by atoms with Crippen molar-refractivity contribution < 1.29 is 4.79 Å². The van der Waals surface area contributed by atoms with Crippen LogP contribution in [0.5, 0.6) is 0 Å². The van der Waals surface area contributed by atoms with Crippen LogP contribution in [0.2, 0.25) is 0 Å². The highest BCUT2D eigenvalue weighted by Crippen LogP contribution is 2.22. The van der Waals surface area contributed by atoms with Gasteiger partial charge in [0, 0.05) is 12.1 Å². The zero-order valence-corrected chi connectivity index (χ0v) is 11.7. The van der Waals surface area contributed by atoms with Crippen molar-refractivity contribution in [2.45, 2.75) is 76.8 Å². The van der Waals surface area contributed by atoms with Gasteiger partial charge in [0.1, 0.15) is 0 Å². The van der Waals surface area contributed by atoms with Gasteiger partial charge in [-0.05, 0) is 38.0 Å². The molecule has 0 aliphatic heterocycles. The van der Waals surface area contributed by atoms with Gasteiger partial charge in [-0.15, -0.1) is 0 Å². The van der Waals surface area contributed by atoms with Crippen LogP contribution in [-0.2, 0) is 4.79 Å². The normalized spacial score (nSPS) is 30.1. The zero-order chi connectivity index (χ0) is 12.8. The van der Waals surface area contributed by atoms with E-state index in [-0.39, 0.29) is 5.91 Å². The Kier molecular flexibility index (Phi) is 5.48. The number of carbonyl (C=O) groups excluding carboxylic acids is 1. The lowest BCUT2D eigenvalue weighted by atomic mass is 10.0. The minimum absolute atomic E-state index is 0.196. The summed E-state index contributed by atoms with van der Waals surface area (Å²) in [4.78, 5) is 11.9. The molecule has 2 rings (SSSR count). The number of hydrogen-bond acceptors (Lipinski definition) is 2. The van der Waals surface area contributed by atoms with E-state index in [0.29, 0.717) is 18.6 Å². The second kappa shape index (κ2) is 7.13. The van der Waals surface area contributed by atoms with Crippen LogP contribution < -0.4 is 10.6 Å². The SMILES string of the molecule is CC1CCCC(NC(=O)CNC2CCCC2)CC1. The number of carbonyl (C=O) groups is 1. The lowest BCUT2D eigenvalue weighted by Gasteiger charge is -2.18. The highest BCUT2D eigenvalue weighted by molar-refractivity contribution is 5.78. The molecule has 0 radical (unpaired) electrons. The molecule has 0 heterocycles. The van der Waals surface area contributed by atoms with Gasteiger partial charge >= 0.3 is 0 Å². The largest absolute Gasteiger partial charge is 0.352 e. The summed E-state index contributed by atoms with van der Waals surface area (Å²) < 4.78 is 0. The Balaban J connectivity index is 1.63. The van der Waals surface area contributed by atoms with E-state index in [0.717, 1.165) is 12.3 Å². The third-order valence-corrected chi connectivity index (χ3v) is 4.53. The molecule has 0 saturated heterocycles. The Labute approximate surface area is 111 Å². The Bertz CT molecular complexity index is 261. The molecule has 104 valence electrons. The van der Waals surface area contributed by atoms with Crippen LogP contribution in [0.25, 0.3) is 0 Å². The van der Waals surface area contributed by atoms with Gasteiger partial charge in [-0.3, -0.25) is 4.79 Å². The van der Waals surface area contributed by atoms with Crippen LogP contribution in [0.4, 0.5) is 0 Å². The summed E-state index contributed by atoms with van der Waals surface area (Å²) >= 11 is 0. The molecule has 2 N–H and O–H groups in total. The van der Waals surface area contributed by atoms with E-state index in [4.69, 9.17) is 0 Å². The van der Waals surface area contributed by atoms with Gasteiger partial charge in [-0.25, -0.2) is 0 Å². The van der Waals surface area contributed by atoms with E-state index in [1.54, 1.807) is 0 Å². The Morgan fingerprint density at radius 2 is 1.67 bits per heavy atom. The predicted octanol–water partition coefficient (Wildman–Crippen LogP) is 2.60. The fraction of sp³-hybridized carbons (Fsp3) is 0.933. The van der Waals surface area contributed by atoms with E-state index in [2.05, 4.69) is 17.6 Å². The molecule has 0 spiro atoms. The van der Waals surface area contributed by atoms with Gasteiger partial charge in [-0.1, -0.05) is 32.6 Å². The first kappa shape index (κ1) is 13.9. The molecule has 0 aromatic heterocycles. The van der Waals surface area contributed by atoms with Crippen LogP contribution in [0.3, 0.4) is 0 Å². The molecule has 2 unspecified atom stereocenters. The van der Waals surface area contributed by atoms with Crippen molar-refractivity contribution >= 4 is 5.91 Å². The van der Waals surface area contributed by atoms with Crippen molar-refractivity contribution in [2.24, 2.45) is 5.92 Å². The van der Waals surface area contributed by atoms with E-state index in [1.165, 1.54) is 51.4 Å². The third kappa shape index (κ3) is 4.60. The lowest BCUT2D eigenvalue weighted by molar-refractivity contribution is -0.121. The predicted molar refractivity (Wildman–Crippen MR) is 74.4 cm³/mol. The third-order valence-electron chi connectivity index (χ3n) is 4.53. The van der Waals surface area contributed by atoms with Crippen molar-refractivity contribution in [3.8, 4) is 0 Å². The molecule has 3 heteroatoms. The molecule has 3 nitrogen and oxygen atoms in total. The first-order valence-electron chi connectivity index (χ1n) is 7.77. The minimum atomic E-state index is 0.196. The Hall–Kier alpha value is -0.570. The summed E-state index contributed by atoms with van der Waals surface area (Å²) in [5, 5.41) is 6.59. The number of rotatable bonds is 4. The van der Waals surface area contributed by atoms with Gasteiger partial charge in [-0.2, -0.15) is 0 Å². The van der Waals surface area contributed by atoms with Gasteiger partial charge < -0.3 is 10.6 Å². The fourth-order valence-corrected chi connectivity index (χ4v) is 3.28. The van der Waals surface area contributed by atoms with Crippen LogP contribution in [-0.4, -0.2) is 24.5 Å².